The Balaban J connectivity index is 1.84. The van der Waals surface area contributed by atoms with Crippen molar-refractivity contribution in [2.45, 2.75) is 39.7 Å². The number of rotatable bonds is 2. The lowest BCUT2D eigenvalue weighted by atomic mass is 9.77. The van der Waals surface area contributed by atoms with Crippen LogP contribution in [0, 0.1) is 5.41 Å². The summed E-state index contributed by atoms with van der Waals surface area (Å²) >= 11 is 0. The summed E-state index contributed by atoms with van der Waals surface area (Å²) in [7, 11) is 0. The summed E-state index contributed by atoms with van der Waals surface area (Å²) in [5, 5.41) is 9.51. The average Bonchev–Trinajstić information content (AvgIpc) is 3.37. The second kappa shape index (κ2) is 6.36. The van der Waals surface area contributed by atoms with Crippen LogP contribution in [0.1, 0.15) is 48.3 Å². The molecule has 1 atom stereocenters. The van der Waals surface area contributed by atoms with E-state index in [9.17, 15) is 14.7 Å². The summed E-state index contributed by atoms with van der Waals surface area (Å²) in [5.41, 5.74) is 4.08. The highest BCUT2D eigenvalue weighted by Gasteiger charge is 2.37. The molecule has 2 aromatic heterocycles. The van der Waals surface area contributed by atoms with E-state index in [4.69, 9.17) is 9.15 Å². The van der Waals surface area contributed by atoms with Crippen LogP contribution in [0.15, 0.2) is 45.9 Å². The van der Waals surface area contributed by atoms with Crippen LogP contribution < -0.4 is 10.2 Å². The average molecular weight is 405 g/mol. The van der Waals surface area contributed by atoms with E-state index < -0.39 is 11.4 Å². The number of carboxylic acids is 1. The van der Waals surface area contributed by atoms with Crippen LogP contribution >= 0.6 is 0 Å². The first kappa shape index (κ1) is 18.7. The van der Waals surface area contributed by atoms with Gasteiger partial charge in [-0.25, -0.2) is 4.79 Å². The first-order valence-corrected chi connectivity index (χ1v) is 10.1. The minimum Gasteiger partial charge on any atom is -0.492 e. The molecule has 2 aliphatic heterocycles. The van der Waals surface area contributed by atoms with Gasteiger partial charge in [0.15, 0.2) is 5.43 Å². The van der Waals surface area contributed by atoms with E-state index in [1.54, 1.807) is 6.26 Å². The molecule has 0 spiro atoms. The number of pyridine rings is 1. The van der Waals surface area contributed by atoms with Crippen LogP contribution in [0.3, 0.4) is 0 Å². The van der Waals surface area contributed by atoms with E-state index in [2.05, 4.69) is 20.8 Å². The van der Waals surface area contributed by atoms with Crippen molar-refractivity contribution in [3.8, 4) is 28.3 Å². The highest BCUT2D eigenvalue weighted by Crippen LogP contribution is 2.49. The molecule has 1 aromatic carbocycles. The largest absolute Gasteiger partial charge is 0.492 e. The van der Waals surface area contributed by atoms with E-state index in [0.29, 0.717) is 12.4 Å². The van der Waals surface area contributed by atoms with E-state index in [0.717, 1.165) is 41.0 Å². The van der Waals surface area contributed by atoms with Crippen LogP contribution in [-0.4, -0.2) is 22.2 Å². The molecule has 0 bridgehead atoms. The third-order valence-electron chi connectivity index (χ3n) is 6.20. The molecule has 30 heavy (non-hydrogen) atoms. The van der Waals surface area contributed by atoms with Gasteiger partial charge in [0.2, 0.25) is 0 Å². The fourth-order valence-corrected chi connectivity index (χ4v) is 4.72. The van der Waals surface area contributed by atoms with Crippen molar-refractivity contribution in [1.29, 1.82) is 0 Å². The highest BCUT2D eigenvalue weighted by atomic mass is 16.5. The van der Waals surface area contributed by atoms with Crippen molar-refractivity contribution in [1.82, 2.24) is 4.57 Å². The van der Waals surface area contributed by atoms with E-state index in [-0.39, 0.29) is 17.0 Å². The minimum atomic E-state index is -1.20. The van der Waals surface area contributed by atoms with Crippen LogP contribution in [0.25, 0.3) is 22.6 Å². The van der Waals surface area contributed by atoms with Gasteiger partial charge in [0, 0.05) is 35.9 Å². The normalized spacial score (nSPS) is 17.1. The van der Waals surface area contributed by atoms with Crippen LogP contribution in [0.2, 0.25) is 0 Å². The SMILES string of the molecule is CC(C)(C)C1Cc2c(cc(-c3ccco3)c3c2CCO3)-c2cc(=O)c(C(=O)O)cn21. The van der Waals surface area contributed by atoms with Crippen LogP contribution in [0.5, 0.6) is 5.75 Å². The lowest BCUT2D eigenvalue weighted by molar-refractivity contribution is 0.0693. The van der Waals surface area contributed by atoms with Crippen molar-refractivity contribution >= 4 is 5.97 Å². The Labute approximate surface area is 173 Å². The van der Waals surface area contributed by atoms with Crippen molar-refractivity contribution in [3.63, 3.8) is 0 Å². The zero-order valence-electron chi connectivity index (χ0n) is 17.2. The third-order valence-corrected chi connectivity index (χ3v) is 6.20. The Hall–Kier alpha value is -3.28. The quantitative estimate of drug-likeness (QED) is 0.676. The van der Waals surface area contributed by atoms with Crippen molar-refractivity contribution < 1.29 is 19.1 Å². The molecule has 0 amide bonds. The van der Waals surface area contributed by atoms with Gasteiger partial charge in [-0.3, -0.25) is 4.79 Å². The summed E-state index contributed by atoms with van der Waals surface area (Å²) in [6, 6.07) is 7.23. The van der Waals surface area contributed by atoms with Gasteiger partial charge in [-0.2, -0.15) is 0 Å². The second-order valence-electron chi connectivity index (χ2n) is 9.07. The second-order valence-corrected chi connectivity index (χ2v) is 9.07. The minimum absolute atomic E-state index is 0.0119. The predicted octanol–water partition coefficient (Wildman–Crippen LogP) is 4.55. The van der Waals surface area contributed by atoms with Crippen molar-refractivity contribution in [2.75, 3.05) is 6.61 Å². The summed E-state index contributed by atoms with van der Waals surface area (Å²) in [5.74, 6) is 0.367. The lowest BCUT2D eigenvalue weighted by Gasteiger charge is -2.39. The first-order valence-electron chi connectivity index (χ1n) is 10.1. The Morgan fingerprint density at radius 2 is 2.00 bits per heavy atom. The summed E-state index contributed by atoms with van der Waals surface area (Å²) in [6.07, 6.45) is 4.69. The van der Waals surface area contributed by atoms with Gasteiger partial charge < -0.3 is 18.8 Å². The molecular formula is C24H23NO5. The molecule has 5 rings (SSSR count). The molecule has 0 fully saturated rings. The first-order chi connectivity index (χ1) is 14.3. The Kier molecular flexibility index (Phi) is 3.97. The maximum Gasteiger partial charge on any atom is 0.341 e. The molecule has 0 saturated heterocycles. The number of furan rings is 1. The van der Waals surface area contributed by atoms with Gasteiger partial charge in [0.05, 0.1) is 24.1 Å². The molecule has 0 saturated carbocycles. The number of aromatic carboxylic acids is 1. The number of carboxylic acid groups (broad SMARTS) is 1. The fraction of sp³-hybridized carbons (Fsp3) is 0.333. The van der Waals surface area contributed by atoms with Crippen LogP contribution in [0.4, 0.5) is 0 Å². The number of hydrogen-bond donors (Lipinski definition) is 1. The molecule has 1 unspecified atom stereocenters. The Bertz CT molecular complexity index is 1230. The lowest BCUT2D eigenvalue weighted by Crippen LogP contribution is -2.33. The van der Waals surface area contributed by atoms with E-state index in [1.807, 2.05) is 22.8 Å². The standard InChI is InChI=1S/C24H23NO5/c1-24(2,3)21-10-14-13-6-8-30-22(13)16(20-5-4-7-29-20)9-15(14)18-11-19(26)17(23(27)28)12-25(18)21/h4-5,7,9,11-12,21H,6,8,10H2,1-3H3,(H,27,28). The molecule has 0 radical (unpaired) electrons. The van der Waals surface area contributed by atoms with Gasteiger partial charge in [-0.05, 0) is 35.6 Å². The summed E-state index contributed by atoms with van der Waals surface area (Å²) < 4.78 is 13.6. The molecular weight excluding hydrogens is 382 g/mol. The smallest absolute Gasteiger partial charge is 0.341 e. The van der Waals surface area contributed by atoms with Crippen molar-refractivity contribution in [3.05, 3.63) is 63.6 Å². The van der Waals surface area contributed by atoms with E-state index in [1.165, 1.54) is 17.8 Å². The number of nitrogens with zero attached hydrogens (tertiary/aromatic N) is 1. The van der Waals surface area contributed by atoms with Gasteiger partial charge in [0.25, 0.3) is 0 Å². The van der Waals surface area contributed by atoms with Gasteiger partial charge in [0.1, 0.15) is 17.1 Å². The monoisotopic (exact) mass is 405 g/mol. The zero-order chi connectivity index (χ0) is 21.2. The predicted molar refractivity (Wildman–Crippen MR) is 112 cm³/mol. The van der Waals surface area contributed by atoms with Gasteiger partial charge in [-0.15, -0.1) is 0 Å². The number of carbonyl (C=O) groups is 1. The molecule has 1 N–H and O–H groups in total. The van der Waals surface area contributed by atoms with Gasteiger partial charge >= 0.3 is 5.97 Å². The summed E-state index contributed by atoms with van der Waals surface area (Å²) in [6.45, 7) is 7.03. The van der Waals surface area contributed by atoms with Gasteiger partial charge in [-0.1, -0.05) is 20.8 Å². The maximum absolute atomic E-state index is 12.6. The maximum atomic E-state index is 12.6. The Morgan fingerprint density at radius 3 is 2.67 bits per heavy atom. The van der Waals surface area contributed by atoms with E-state index >= 15 is 0 Å². The molecule has 2 aliphatic rings. The molecule has 3 aromatic rings. The number of ether oxygens (including phenoxy) is 1. The number of hydrogen-bond acceptors (Lipinski definition) is 4. The number of fused-ring (bicyclic) bond motifs is 5. The topological polar surface area (TPSA) is 81.7 Å². The van der Waals surface area contributed by atoms with Crippen molar-refractivity contribution in [2.24, 2.45) is 5.41 Å². The fourth-order valence-electron chi connectivity index (χ4n) is 4.72. The summed E-state index contributed by atoms with van der Waals surface area (Å²) in [4.78, 5) is 24.2. The third kappa shape index (κ3) is 2.70. The number of benzene rings is 1. The highest BCUT2D eigenvalue weighted by molar-refractivity contribution is 5.88. The molecule has 4 heterocycles. The Morgan fingerprint density at radius 1 is 1.20 bits per heavy atom. The number of aromatic nitrogens is 1. The molecule has 154 valence electrons. The molecule has 0 aliphatic carbocycles. The zero-order valence-corrected chi connectivity index (χ0v) is 17.2. The van der Waals surface area contributed by atoms with Crippen LogP contribution in [-0.2, 0) is 12.8 Å². The molecule has 6 heteroatoms. The molecule has 6 nitrogen and oxygen atoms in total.